The molecule has 0 aliphatic carbocycles. The van der Waals surface area contributed by atoms with Crippen molar-refractivity contribution in [2.75, 3.05) is 13.1 Å². The quantitative estimate of drug-likeness (QED) is 0.317. The zero-order valence-electron chi connectivity index (χ0n) is 15.1. The smallest absolute Gasteiger partial charge is 0.334 e. The second-order valence-corrected chi connectivity index (χ2v) is 7.28. The maximum absolute atomic E-state index is 12.7. The number of hydrogen-bond acceptors (Lipinski definition) is 5. The highest BCUT2D eigenvalue weighted by Gasteiger charge is 2.44. The van der Waals surface area contributed by atoms with Crippen molar-refractivity contribution in [2.24, 2.45) is 0 Å². The Hall–Kier alpha value is -3.00. The summed E-state index contributed by atoms with van der Waals surface area (Å²) in [4.78, 5) is 51.6. The third-order valence-electron chi connectivity index (χ3n) is 4.52. The Labute approximate surface area is 160 Å². The SMILES string of the molecule is C=CCN1C(=O)C(=O)N(CC(=O)c2cc(C)n(Cc3cccs3)c2C)C1=O. The number of aryl methyl sites for hydroxylation is 1. The van der Waals surface area contributed by atoms with E-state index in [1.807, 2.05) is 35.9 Å². The molecule has 27 heavy (non-hydrogen) atoms. The molecule has 0 unspecified atom stereocenters. The van der Waals surface area contributed by atoms with Crippen LogP contribution in [0, 0.1) is 13.8 Å². The summed E-state index contributed by atoms with van der Waals surface area (Å²) >= 11 is 1.63. The first kappa shape index (κ1) is 18.8. The number of Topliss-reactive ketones (excluding diaryl/α,β-unsaturated/α-hetero) is 1. The van der Waals surface area contributed by atoms with E-state index in [9.17, 15) is 19.2 Å². The summed E-state index contributed by atoms with van der Waals surface area (Å²) < 4.78 is 2.02. The van der Waals surface area contributed by atoms with Gasteiger partial charge in [0, 0.05) is 28.4 Å². The van der Waals surface area contributed by atoms with Crippen molar-refractivity contribution in [3.8, 4) is 0 Å². The summed E-state index contributed by atoms with van der Waals surface area (Å²) in [5.41, 5.74) is 2.12. The molecule has 140 valence electrons. The molecule has 0 saturated carbocycles. The van der Waals surface area contributed by atoms with Gasteiger partial charge in [-0.15, -0.1) is 17.9 Å². The molecule has 0 bridgehead atoms. The van der Waals surface area contributed by atoms with Gasteiger partial charge in [0.05, 0.1) is 13.1 Å². The summed E-state index contributed by atoms with van der Waals surface area (Å²) in [7, 11) is 0. The first-order chi connectivity index (χ1) is 12.8. The number of aromatic nitrogens is 1. The Morgan fingerprint density at radius 1 is 1.19 bits per heavy atom. The van der Waals surface area contributed by atoms with Crippen LogP contribution in [0.5, 0.6) is 0 Å². The molecule has 0 aromatic carbocycles. The lowest BCUT2D eigenvalue weighted by Gasteiger charge is -2.13. The Morgan fingerprint density at radius 2 is 1.89 bits per heavy atom. The fourth-order valence-corrected chi connectivity index (χ4v) is 3.79. The van der Waals surface area contributed by atoms with E-state index in [-0.39, 0.29) is 12.3 Å². The van der Waals surface area contributed by atoms with Crippen molar-refractivity contribution in [3.63, 3.8) is 0 Å². The van der Waals surface area contributed by atoms with Crippen LogP contribution < -0.4 is 0 Å². The van der Waals surface area contributed by atoms with Crippen LogP contribution >= 0.6 is 11.3 Å². The molecule has 1 fully saturated rings. The molecule has 0 spiro atoms. The number of nitrogens with zero attached hydrogens (tertiary/aromatic N) is 3. The standard InChI is InChI=1S/C19H19N3O4S/c1-4-7-20-17(24)18(25)22(19(20)26)11-16(23)15-9-12(2)21(13(15)3)10-14-6-5-8-27-14/h4-6,8-9H,1,7,10-11H2,2-3H3. The van der Waals surface area contributed by atoms with E-state index in [0.717, 1.165) is 21.2 Å². The maximum atomic E-state index is 12.7. The largest absolute Gasteiger partial charge is 0.343 e. The molecule has 2 aromatic rings. The minimum absolute atomic E-state index is 0.0660. The predicted octanol–water partition coefficient (Wildman–Crippen LogP) is 2.37. The molecule has 0 atom stereocenters. The summed E-state index contributed by atoms with van der Waals surface area (Å²) in [5.74, 6) is -2.30. The number of carbonyl (C=O) groups is 4. The summed E-state index contributed by atoms with van der Waals surface area (Å²) in [6.07, 6.45) is 1.35. The van der Waals surface area contributed by atoms with Crippen LogP contribution in [0.1, 0.15) is 26.6 Å². The first-order valence-electron chi connectivity index (χ1n) is 8.35. The monoisotopic (exact) mass is 385 g/mol. The average Bonchev–Trinajstić information content (AvgIpc) is 3.30. The molecule has 2 aromatic heterocycles. The van der Waals surface area contributed by atoms with Crippen molar-refractivity contribution in [1.82, 2.24) is 14.4 Å². The van der Waals surface area contributed by atoms with Crippen LogP contribution in [-0.4, -0.2) is 51.1 Å². The van der Waals surface area contributed by atoms with E-state index in [4.69, 9.17) is 0 Å². The van der Waals surface area contributed by atoms with Crippen molar-refractivity contribution in [3.05, 3.63) is 58.1 Å². The zero-order valence-corrected chi connectivity index (χ0v) is 15.9. The first-order valence-corrected chi connectivity index (χ1v) is 9.23. The van der Waals surface area contributed by atoms with Crippen molar-refractivity contribution in [1.29, 1.82) is 0 Å². The lowest BCUT2D eigenvalue weighted by molar-refractivity contribution is -0.142. The molecule has 0 N–H and O–H groups in total. The fraction of sp³-hybridized carbons (Fsp3) is 0.263. The molecule has 0 radical (unpaired) electrons. The maximum Gasteiger partial charge on any atom is 0.334 e. The Bertz CT molecular complexity index is 943. The van der Waals surface area contributed by atoms with E-state index in [2.05, 4.69) is 6.58 Å². The van der Waals surface area contributed by atoms with Crippen molar-refractivity contribution in [2.45, 2.75) is 20.4 Å². The molecule has 1 saturated heterocycles. The number of carbonyl (C=O) groups excluding carboxylic acids is 4. The Kier molecular flexibility index (Phi) is 5.09. The van der Waals surface area contributed by atoms with Gasteiger partial charge in [0.2, 0.25) is 0 Å². The van der Waals surface area contributed by atoms with Crippen LogP contribution in [0.25, 0.3) is 0 Å². The highest BCUT2D eigenvalue weighted by Crippen LogP contribution is 2.21. The molecule has 3 heterocycles. The number of thiophene rings is 1. The highest BCUT2D eigenvalue weighted by atomic mass is 32.1. The number of hydrogen-bond donors (Lipinski definition) is 0. The van der Waals surface area contributed by atoms with Crippen LogP contribution in [0.15, 0.2) is 36.2 Å². The Balaban J connectivity index is 1.81. The van der Waals surface area contributed by atoms with Crippen LogP contribution in [0.3, 0.4) is 0 Å². The van der Waals surface area contributed by atoms with Gasteiger partial charge < -0.3 is 4.57 Å². The molecule has 8 heteroatoms. The van der Waals surface area contributed by atoms with E-state index in [0.29, 0.717) is 17.0 Å². The topological polar surface area (TPSA) is 79.7 Å². The number of urea groups is 1. The molecular weight excluding hydrogens is 366 g/mol. The second kappa shape index (κ2) is 7.32. The third-order valence-corrected chi connectivity index (χ3v) is 5.38. The second-order valence-electron chi connectivity index (χ2n) is 6.25. The van der Waals surface area contributed by atoms with Crippen LogP contribution in [0.4, 0.5) is 4.79 Å². The predicted molar refractivity (Wildman–Crippen MR) is 101 cm³/mol. The third kappa shape index (κ3) is 3.35. The zero-order chi connectivity index (χ0) is 19.7. The van der Waals surface area contributed by atoms with Crippen molar-refractivity contribution >= 4 is 35.0 Å². The minimum atomic E-state index is -0.984. The summed E-state index contributed by atoms with van der Waals surface area (Å²) in [6, 6.07) is 4.95. The highest BCUT2D eigenvalue weighted by molar-refractivity contribution is 7.09. The fourth-order valence-electron chi connectivity index (χ4n) is 3.09. The van der Waals surface area contributed by atoms with Gasteiger partial charge in [-0.3, -0.25) is 19.3 Å². The molecule has 1 aliphatic rings. The molecule has 7 nitrogen and oxygen atoms in total. The molecule has 4 amide bonds. The van der Waals surface area contributed by atoms with Gasteiger partial charge in [0.15, 0.2) is 5.78 Å². The van der Waals surface area contributed by atoms with Gasteiger partial charge in [-0.05, 0) is 31.4 Å². The van der Waals surface area contributed by atoms with Gasteiger partial charge in [-0.2, -0.15) is 0 Å². The Morgan fingerprint density at radius 3 is 2.52 bits per heavy atom. The van der Waals surface area contributed by atoms with Gasteiger partial charge >= 0.3 is 17.8 Å². The van der Waals surface area contributed by atoms with Gasteiger partial charge in [-0.25, -0.2) is 9.69 Å². The average molecular weight is 385 g/mol. The van der Waals surface area contributed by atoms with E-state index in [1.165, 1.54) is 6.08 Å². The van der Waals surface area contributed by atoms with Gasteiger partial charge in [0.25, 0.3) is 0 Å². The number of ketones is 1. The van der Waals surface area contributed by atoms with Crippen LogP contribution in [-0.2, 0) is 16.1 Å². The normalized spacial score (nSPS) is 14.4. The number of amides is 4. The number of imide groups is 2. The van der Waals surface area contributed by atoms with Gasteiger partial charge in [-0.1, -0.05) is 12.1 Å². The minimum Gasteiger partial charge on any atom is -0.343 e. The van der Waals surface area contributed by atoms with Crippen LogP contribution in [0.2, 0.25) is 0 Å². The molecule has 3 rings (SSSR count). The molecule has 1 aliphatic heterocycles. The van der Waals surface area contributed by atoms with E-state index in [1.54, 1.807) is 17.4 Å². The van der Waals surface area contributed by atoms with E-state index < -0.39 is 24.4 Å². The van der Waals surface area contributed by atoms with Crippen molar-refractivity contribution < 1.29 is 19.2 Å². The lowest BCUT2D eigenvalue weighted by Crippen LogP contribution is -2.37. The summed E-state index contributed by atoms with van der Waals surface area (Å²) in [5, 5.41) is 1.99. The number of rotatable bonds is 7. The lowest BCUT2D eigenvalue weighted by atomic mass is 10.1. The van der Waals surface area contributed by atoms with E-state index >= 15 is 0 Å². The summed E-state index contributed by atoms with van der Waals surface area (Å²) in [6.45, 7) is 7.32. The van der Waals surface area contributed by atoms with Gasteiger partial charge in [0.1, 0.15) is 0 Å². The molecular formula is C19H19N3O4S.